The molecule has 1 N–H and O–H groups in total. The van der Waals surface area contributed by atoms with Gasteiger partial charge >= 0.3 is 0 Å². The number of fused-ring (bicyclic) bond motifs is 1. The van der Waals surface area contributed by atoms with Gasteiger partial charge in [-0.3, -0.25) is 4.98 Å². The number of sulfonamides is 1. The third-order valence-corrected chi connectivity index (χ3v) is 7.71. The summed E-state index contributed by atoms with van der Waals surface area (Å²) < 4.78 is 38.7. The number of hydrogen-bond acceptors (Lipinski definition) is 6. The standard InChI is InChI=1S/C25H31N3O4S/c1-33(29,30)27-22-11-13-28(20-15-25-23(26-16-20)12-14-31-25)24(22)17-32-21-9-7-19(8-10-21)18-5-3-2-4-6-18/h2-6,12,14-16,19,21-22,24,27H,7-11,13,17H2,1H3/t19-,21+,22-,24-/m0/s1. The van der Waals surface area contributed by atoms with Crippen LogP contribution in [0, 0.1) is 0 Å². The van der Waals surface area contributed by atoms with Crippen LogP contribution >= 0.6 is 0 Å². The molecule has 5 rings (SSSR count). The average molecular weight is 470 g/mol. The van der Waals surface area contributed by atoms with Crippen LogP contribution in [0.3, 0.4) is 0 Å². The second-order valence-corrected chi connectivity index (χ2v) is 11.0. The monoisotopic (exact) mass is 469 g/mol. The highest BCUT2D eigenvalue weighted by Crippen LogP contribution is 2.35. The van der Waals surface area contributed by atoms with Crippen LogP contribution in [-0.2, 0) is 14.8 Å². The van der Waals surface area contributed by atoms with Crippen LogP contribution in [0.4, 0.5) is 5.69 Å². The van der Waals surface area contributed by atoms with Gasteiger partial charge in [0.15, 0.2) is 5.58 Å². The Balaban J connectivity index is 1.26. The number of anilines is 1. The molecule has 0 amide bonds. The van der Waals surface area contributed by atoms with E-state index in [9.17, 15) is 8.42 Å². The van der Waals surface area contributed by atoms with Crippen molar-refractivity contribution < 1.29 is 17.6 Å². The fraction of sp³-hybridized carbons (Fsp3) is 0.480. The molecule has 0 unspecified atom stereocenters. The molecule has 2 aromatic heterocycles. The zero-order valence-corrected chi connectivity index (χ0v) is 19.7. The summed E-state index contributed by atoms with van der Waals surface area (Å²) in [6.07, 6.45) is 9.89. The van der Waals surface area contributed by atoms with Crippen molar-refractivity contribution in [3.05, 3.63) is 60.5 Å². The molecule has 2 atom stereocenters. The number of furan rings is 1. The molecule has 1 aliphatic carbocycles. The smallest absolute Gasteiger partial charge is 0.209 e. The van der Waals surface area contributed by atoms with Gasteiger partial charge in [0.2, 0.25) is 10.0 Å². The minimum atomic E-state index is -3.32. The third-order valence-electron chi connectivity index (χ3n) is 6.98. The lowest BCUT2D eigenvalue weighted by Crippen LogP contribution is -2.48. The lowest BCUT2D eigenvalue weighted by atomic mass is 9.83. The fourth-order valence-electron chi connectivity index (χ4n) is 5.31. The Morgan fingerprint density at radius 2 is 1.91 bits per heavy atom. The minimum Gasteiger partial charge on any atom is -0.463 e. The molecular formula is C25H31N3O4S. The SMILES string of the molecule is CS(=O)(=O)N[C@H]1CCN(c2cnc3ccoc3c2)[C@H]1CO[C@H]1CC[C@@H](c2ccccc2)CC1. The largest absolute Gasteiger partial charge is 0.463 e. The van der Waals surface area contributed by atoms with Crippen molar-refractivity contribution in [2.45, 2.75) is 56.2 Å². The highest BCUT2D eigenvalue weighted by molar-refractivity contribution is 7.88. The van der Waals surface area contributed by atoms with Gasteiger partial charge in [0.05, 0.1) is 43.2 Å². The van der Waals surface area contributed by atoms with Gasteiger partial charge in [-0.25, -0.2) is 13.1 Å². The molecule has 7 nitrogen and oxygen atoms in total. The molecule has 0 spiro atoms. The molecule has 1 aromatic carbocycles. The first-order chi connectivity index (χ1) is 16.0. The molecule has 1 saturated heterocycles. The molecule has 2 aliphatic rings. The van der Waals surface area contributed by atoms with Crippen molar-refractivity contribution in [2.75, 3.05) is 24.3 Å². The van der Waals surface area contributed by atoms with Gasteiger partial charge in [-0.1, -0.05) is 30.3 Å². The van der Waals surface area contributed by atoms with Gasteiger partial charge in [0, 0.05) is 24.7 Å². The minimum absolute atomic E-state index is 0.0965. The van der Waals surface area contributed by atoms with E-state index < -0.39 is 10.0 Å². The van der Waals surface area contributed by atoms with Gasteiger partial charge in [-0.2, -0.15) is 0 Å². The molecule has 3 heterocycles. The van der Waals surface area contributed by atoms with Crippen molar-refractivity contribution >= 4 is 26.8 Å². The van der Waals surface area contributed by atoms with Crippen LogP contribution in [0.5, 0.6) is 0 Å². The maximum Gasteiger partial charge on any atom is 0.209 e. The number of nitrogens with zero attached hydrogens (tertiary/aromatic N) is 2. The van der Waals surface area contributed by atoms with Crippen LogP contribution in [0.25, 0.3) is 11.1 Å². The van der Waals surface area contributed by atoms with E-state index in [1.807, 2.05) is 18.3 Å². The first-order valence-corrected chi connectivity index (χ1v) is 13.6. The van der Waals surface area contributed by atoms with Gasteiger partial charge in [0.25, 0.3) is 0 Å². The van der Waals surface area contributed by atoms with E-state index in [-0.39, 0.29) is 18.2 Å². The average Bonchev–Trinajstić information content (AvgIpc) is 3.44. The highest BCUT2D eigenvalue weighted by atomic mass is 32.2. The lowest BCUT2D eigenvalue weighted by Gasteiger charge is -2.33. The van der Waals surface area contributed by atoms with Gasteiger partial charge in [-0.15, -0.1) is 0 Å². The van der Waals surface area contributed by atoms with Gasteiger partial charge < -0.3 is 14.1 Å². The van der Waals surface area contributed by atoms with E-state index in [0.29, 0.717) is 12.5 Å². The van der Waals surface area contributed by atoms with E-state index in [1.165, 1.54) is 11.8 Å². The van der Waals surface area contributed by atoms with Crippen LogP contribution in [-0.4, -0.2) is 51.0 Å². The predicted molar refractivity (Wildman–Crippen MR) is 129 cm³/mol. The normalized spacial score (nSPS) is 26.2. The van der Waals surface area contributed by atoms with E-state index in [1.54, 1.807) is 6.26 Å². The summed E-state index contributed by atoms with van der Waals surface area (Å²) in [5.41, 5.74) is 3.88. The van der Waals surface area contributed by atoms with E-state index in [0.717, 1.165) is 55.4 Å². The number of pyridine rings is 1. The zero-order chi connectivity index (χ0) is 22.8. The zero-order valence-electron chi connectivity index (χ0n) is 18.9. The molecule has 1 saturated carbocycles. The highest BCUT2D eigenvalue weighted by Gasteiger charge is 2.37. The number of aromatic nitrogens is 1. The summed E-state index contributed by atoms with van der Waals surface area (Å²) in [6.45, 7) is 1.21. The number of hydrogen-bond donors (Lipinski definition) is 1. The Morgan fingerprint density at radius 3 is 2.67 bits per heavy atom. The molecule has 8 heteroatoms. The van der Waals surface area contributed by atoms with Crippen molar-refractivity contribution in [3.8, 4) is 0 Å². The first-order valence-electron chi connectivity index (χ1n) is 11.7. The Bertz CT molecular complexity index is 1170. The summed E-state index contributed by atoms with van der Waals surface area (Å²) >= 11 is 0. The Hall–Kier alpha value is -2.42. The second kappa shape index (κ2) is 9.44. The summed E-state index contributed by atoms with van der Waals surface area (Å²) in [6, 6.07) is 14.2. The maximum atomic E-state index is 12.0. The molecular weight excluding hydrogens is 438 g/mol. The van der Waals surface area contributed by atoms with Crippen molar-refractivity contribution in [2.24, 2.45) is 0 Å². The Labute approximate surface area is 195 Å². The number of benzene rings is 1. The molecule has 176 valence electrons. The topological polar surface area (TPSA) is 84.7 Å². The summed E-state index contributed by atoms with van der Waals surface area (Å²) in [5, 5.41) is 0. The maximum absolute atomic E-state index is 12.0. The number of nitrogens with one attached hydrogen (secondary N) is 1. The molecule has 0 radical (unpaired) electrons. The molecule has 2 fully saturated rings. The van der Waals surface area contributed by atoms with Crippen LogP contribution in [0.1, 0.15) is 43.6 Å². The molecule has 3 aromatic rings. The fourth-order valence-corrected chi connectivity index (χ4v) is 6.13. The van der Waals surface area contributed by atoms with Crippen molar-refractivity contribution in [3.63, 3.8) is 0 Å². The van der Waals surface area contributed by atoms with E-state index in [4.69, 9.17) is 9.15 Å². The van der Waals surface area contributed by atoms with Crippen LogP contribution in [0.2, 0.25) is 0 Å². The first kappa shape index (κ1) is 22.4. The molecule has 33 heavy (non-hydrogen) atoms. The molecule has 0 bridgehead atoms. The second-order valence-electron chi connectivity index (χ2n) is 9.26. The Morgan fingerprint density at radius 1 is 1.12 bits per heavy atom. The summed E-state index contributed by atoms with van der Waals surface area (Å²) in [5.74, 6) is 0.597. The van der Waals surface area contributed by atoms with E-state index >= 15 is 0 Å². The number of rotatable bonds is 7. The van der Waals surface area contributed by atoms with Gasteiger partial charge in [0.1, 0.15) is 5.52 Å². The quantitative estimate of drug-likeness (QED) is 0.562. The van der Waals surface area contributed by atoms with E-state index in [2.05, 4.69) is 44.9 Å². The van der Waals surface area contributed by atoms with Crippen LogP contribution in [0.15, 0.2) is 59.3 Å². The van der Waals surface area contributed by atoms with Crippen LogP contribution < -0.4 is 9.62 Å². The summed E-state index contributed by atoms with van der Waals surface area (Å²) in [4.78, 5) is 6.69. The lowest BCUT2D eigenvalue weighted by molar-refractivity contribution is 0.0157. The van der Waals surface area contributed by atoms with Gasteiger partial charge in [-0.05, 0) is 43.6 Å². The third kappa shape index (κ3) is 5.23. The predicted octanol–water partition coefficient (Wildman–Crippen LogP) is 4.07. The molecule has 1 aliphatic heterocycles. The van der Waals surface area contributed by atoms with Crippen molar-refractivity contribution in [1.29, 1.82) is 0 Å². The Kier molecular flexibility index (Phi) is 6.40. The summed E-state index contributed by atoms with van der Waals surface area (Å²) in [7, 11) is -3.32. The van der Waals surface area contributed by atoms with Crippen molar-refractivity contribution in [1.82, 2.24) is 9.71 Å². The number of ether oxygens (including phenoxy) is 1.